The first-order valence-electron chi connectivity index (χ1n) is 11.9. The molecule has 1 aromatic carbocycles. The van der Waals surface area contributed by atoms with Gasteiger partial charge in [-0.3, -0.25) is 4.79 Å². The van der Waals surface area contributed by atoms with Gasteiger partial charge in [-0.05, 0) is 72.5 Å². The number of benzene rings is 1. The van der Waals surface area contributed by atoms with Gasteiger partial charge in [0.1, 0.15) is 12.3 Å². The quantitative estimate of drug-likeness (QED) is 0.317. The zero-order chi connectivity index (χ0) is 26.1. The fourth-order valence-corrected chi connectivity index (χ4v) is 4.26. The van der Waals surface area contributed by atoms with Gasteiger partial charge in [0.2, 0.25) is 17.6 Å². The summed E-state index contributed by atoms with van der Waals surface area (Å²) in [6.07, 6.45) is 3.78. The summed E-state index contributed by atoms with van der Waals surface area (Å²) < 4.78 is 11.6. The Morgan fingerprint density at radius 3 is 2.65 bits per heavy atom. The van der Waals surface area contributed by atoms with Crippen molar-refractivity contribution in [2.45, 2.75) is 25.7 Å². The van der Waals surface area contributed by atoms with Crippen molar-refractivity contribution in [2.75, 3.05) is 27.2 Å². The number of likely N-dealkylation sites (N-methyl/N-ethyl adjacent to an activating group) is 1. The van der Waals surface area contributed by atoms with E-state index in [1.54, 1.807) is 25.3 Å². The summed E-state index contributed by atoms with van der Waals surface area (Å²) >= 11 is 3.44. The van der Waals surface area contributed by atoms with E-state index in [1.165, 1.54) is 0 Å². The van der Waals surface area contributed by atoms with Crippen LogP contribution in [-0.4, -0.2) is 63.1 Å². The first kappa shape index (κ1) is 25.0. The minimum absolute atomic E-state index is 0.233. The van der Waals surface area contributed by atoms with Crippen molar-refractivity contribution in [3.05, 3.63) is 58.0 Å². The number of carbonyl (C=O) groups excluding carboxylic acids is 1. The summed E-state index contributed by atoms with van der Waals surface area (Å²) in [6, 6.07) is 9.51. The maximum atomic E-state index is 12.3. The van der Waals surface area contributed by atoms with Crippen molar-refractivity contribution in [1.82, 2.24) is 30.0 Å². The first-order chi connectivity index (χ1) is 17.8. The topological polar surface area (TPSA) is 133 Å². The molecule has 1 aliphatic rings. The molecule has 190 valence electrons. The molecule has 0 spiro atoms. The molecule has 11 heteroatoms. The summed E-state index contributed by atoms with van der Waals surface area (Å²) in [4.78, 5) is 32.4. The average molecular weight is 564 g/mol. The lowest BCUT2D eigenvalue weighted by Crippen LogP contribution is -2.20. The molecule has 10 nitrogen and oxygen atoms in total. The Balaban J connectivity index is 1.56. The fraction of sp³-hybridized carbons (Fsp3) is 0.308. The summed E-state index contributed by atoms with van der Waals surface area (Å²) in [5, 5.41) is 4.05. The Morgan fingerprint density at radius 2 is 1.97 bits per heavy atom. The van der Waals surface area contributed by atoms with E-state index in [0.29, 0.717) is 46.0 Å². The number of halogens is 1. The summed E-state index contributed by atoms with van der Waals surface area (Å²) in [5.74, 6) is 1.50. The molecular weight excluding hydrogens is 538 g/mol. The normalized spacial score (nSPS) is 13.2. The number of aromatic nitrogens is 5. The van der Waals surface area contributed by atoms with Crippen molar-refractivity contribution in [3.8, 4) is 40.0 Å². The van der Waals surface area contributed by atoms with Crippen molar-refractivity contribution < 1.29 is 14.1 Å². The molecule has 1 fully saturated rings. The number of rotatable bonds is 9. The number of nitrogens with two attached hydrogens (primary N) is 1. The van der Waals surface area contributed by atoms with E-state index >= 15 is 0 Å². The summed E-state index contributed by atoms with van der Waals surface area (Å²) in [5.41, 5.74) is 9.91. The molecule has 0 radical (unpaired) electrons. The number of ether oxygens (including phenoxy) is 1. The van der Waals surface area contributed by atoms with Gasteiger partial charge < -0.3 is 19.9 Å². The molecule has 1 aliphatic carbocycles. The monoisotopic (exact) mass is 563 g/mol. The highest BCUT2D eigenvalue weighted by molar-refractivity contribution is 9.10. The van der Waals surface area contributed by atoms with Crippen LogP contribution in [-0.2, 0) is 0 Å². The standard InChI is InChI=1S/C26H26BrN7O3/c1-14-30-24(33-37-14)16-6-7-17(19(12-16)15-4-5-15)21-9-8-18(23(28)35)22(31-21)25-29-13-20(27)26(32-25)36-11-10-34(2)3/h6-9,12-13,15H,4-5,10-11H2,1-3H3,(H2,28,35). The second kappa shape index (κ2) is 10.3. The highest BCUT2D eigenvalue weighted by atomic mass is 79.9. The maximum Gasteiger partial charge on any atom is 0.251 e. The number of amides is 1. The van der Waals surface area contributed by atoms with Gasteiger partial charge in [-0.1, -0.05) is 17.3 Å². The van der Waals surface area contributed by atoms with Gasteiger partial charge in [0.25, 0.3) is 5.91 Å². The zero-order valence-electron chi connectivity index (χ0n) is 20.7. The molecule has 2 N–H and O–H groups in total. The molecule has 0 bridgehead atoms. The predicted molar refractivity (Wildman–Crippen MR) is 141 cm³/mol. The Bertz CT molecular complexity index is 1470. The first-order valence-corrected chi connectivity index (χ1v) is 12.7. The molecule has 37 heavy (non-hydrogen) atoms. The van der Waals surface area contributed by atoms with E-state index in [9.17, 15) is 4.79 Å². The third-order valence-electron chi connectivity index (χ3n) is 5.99. The summed E-state index contributed by atoms with van der Waals surface area (Å²) in [7, 11) is 3.92. The molecule has 1 amide bonds. The smallest absolute Gasteiger partial charge is 0.251 e. The highest BCUT2D eigenvalue weighted by Crippen LogP contribution is 2.45. The summed E-state index contributed by atoms with van der Waals surface area (Å²) in [6.45, 7) is 2.92. The minimum Gasteiger partial charge on any atom is -0.475 e. The van der Waals surface area contributed by atoms with Crippen LogP contribution in [0.5, 0.6) is 5.88 Å². The van der Waals surface area contributed by atoms with E-state index < -0.39 is 5.91 Å². The average Bonchev–Trinajstić information content (AvgIpc) is 3.64. The Hall–Kier alpha value is -3.70. The van der Waals surface area contributed by atoms with Crippen LogP contribution in [0.25, 0.3) is 34.2 Å². The van der Waals surface area contributed by atoms with Crippen LogP contribution in [0.4, 0.5) is 0 Å². The third kappa shape index (κ3) is 5.52. The largest absolute Gasteiger partial charge is 0.475 e. The molecule has 0 atom stereocenters. The van der Waals surface area contributed by atoms with Crippen LogP contribution in [0.3, 0.4) is 0 Å². The number of hydrogen-bond acceptors (Lipinski definition) is 9. The second-order valence-electron chi connectivity index (χ2n) is 9.17. The van der Waals surface area contributed by atoms with Gasteiger partial charge in [-0.25, -0.2) is 9.97 Å². The molecule has 4 aromatic rings. The van der Waals surface area contributed by atoms with Crippen LogP contribution >= 0.6 is 15.9 Å². The molecular formula is C26H26BrN7O3. The van der Waals surface area contributed by atoms with Gasteiger partial charge in [-0.2, -0.15) is 9.97 Å². The lowest BCUT2D eigenvalue weighted by molar-refractivity contribution is 0.100. The van der Waals surface area contributed by atoms with Crippen molar-refractivity contribution in [3.63, 3.8) is 0 Å². The van der Waals surface area contributed by atoms with E-state index in [0.717, 1.165) is 36.1 Å². The zero-order valence-corrected chi connectivity index (χ0v) is 22.3. The van der Waals surface area contributed by atoms with Crippen LogP contribution < -0.4 is 10.5 Å². The SMILES string of the molecule is Cc1nc(-c2ccc(-c3ccc(C(N)=O)c(-c4ncc(Br)c(OCCN(C)C)n4)n3)c(C3CC3)c2)no1. The molecule has 3 aromatic heterocycles. The van der Waals surface area contributed by atoms with E-state index in [-0.39, 0.29) is 11.4 Å². The van der Waals surface area contributed by atoms with E-state index in [4.69, 9.17) is 20.0 Å². The van der Waals surface area contributed by atoms with Crippen LogP contribution in [0, 0.1) is 6.92 Å². The van der Waals surface area contributed by atoms with Gasteiger partial charge in [0.15, 0.2) is 5.82 Å². The maximum absolute atomic E-state index is 12.3. The van der Waals surface area contributed by atoms with E-state index in [1.807, 2.05) is 31.1 Å². The van der Waals surface area contributed by atoms with Gasteiger partial charge >= 0.3 is 0 Å². The van der Waals surface area contributed by atoms with Gasteiger partial charge in [-0.15, -0.1) is 0 Å². The van der Waals surface area contributed by atoms with Crippen molar-refractivity contribution in [2.24, 2.45) is 5.73 Å². The molecule has 3 heterocycles. The van der Waals surface area contributed by atoms with Crippen LogP contribution in [0.15, 0.2) is 45.5 Å². The van der Waals surface area contributed by atoms with Crippen LogP contribution in [0.2, 0.25) is 0 Å². The number of pyridine rings is 1. The third-order valence-corrected chi connectivity index (χ3v) is 6.54. The molecule has 0 unspecified atom stereocenters. The fourth-order valence-electron chi connectivity index (χ4n) is 3.95. The molecule has 0 aliphatic heterocycles. The highest BCUT2D eigenvalue weighted by Gasteiger charge is 2.28. The van der Waals surface area contributed by atoms with E-state index in [2.05, 4.69) is 42.1 Å². The lowest BCUT2D eigenvalue weighted by atomic mass is 9.96. The van der Waals surface area contributed by atoms with Gasteiger partial charge in [0, 0.05) is 30.8 Å². The molecule has 5 rings (SSSR count). The number of aryl methyl sites for hydroxylation is 1. The Kier molecular flexibility index (Phi) is 6.98. The van der Waals surface area contributed by atoms with Gasteiger partial charge in [0.05, 0.1) is 15.7 Å². The predicted octanol–water partition coefficient (Wildman–Crippen LogP) is 4.24. The van der Waals surface area contributed by atoms with Crippen LogP contribution in [0.1, 0.15) is 40.6 Å². The molecule has 1 saturated carbocycles. The lowest BCUT2D eigenvalue weighted by Gasteiger charge is -2.14. The number of nitrogens with zero attached hydrogens (tertiary/aromatic N) is 6. The van der Waals surface area contributed by atoms with Crippen molar-refractivity contribution in [1.29, 1.82) is 0 Å². The number of carbonyl (C=O) groups is 1. The Morgan fingerprint density at radius 1 is 1.16 bits per heavy atom. The second-order valence-corrected chi connectivity index (χ2v) is 10.0. The van der Waals surface area contributed by atoms with Crippen molar-refractivity contribution >= 4 is 21.8 Å². The Labute approximate surface area is 222 Å². The molecule has 0 saturated heterocycles. The number of primary amides is 1. The number of hydrogen-bond donors (Lipinski definition) is 1. The minimum atomic E-state index is -0.610.